The topological polar surface area (TPSA) is 75.3 Å². The molecule has 23 heavy (non-hydrogen) atoms. The fraction of sp³-hybridized carbons (Fsp3) is 0.462. The van der Waals surface area contributed by atoms with Crippen LogP contribution in [-0.2, 0) is 9.84 Å². The number of amides is 1. The number of hydrogen-bond donors (Lipinski definition) is 2. The van der Waals surface area contributed by atoms with Crippen molar-refractivity contribution in [2.24, 2.45) is 0 Å². The average Bonchev–Trinajstić information content (AvgIpc) is 2.76. The van der Waals surface area contributed by atoms with Crippen molar-refractivity contribution in [3.63, 3.8) is 0 Å². The molecule has 1 saturated heterocycles. The van der Waals surface area contributed by atoms with Gasteiger partial charge < -0.3 is 5.32 Å². The van der Waals surface area contributed by atoms with E-state index in [9.17, 15) is 13.2 Å². The number of rotatable bonds is 4. The molecule has 0 unspecified atom stereocenters. The largest absolute Gasteiger partial charge is 0.333 e. The second-order valence-electron chi connectivity index (χ2n) is 5.23. The molecule has 1 aliphatic heterocycles. The summed E-state index contributed by atoms with van der Waals surface area (Å²) in [4.78, 5) is 12.3. The Hall–Kier alpha value is -0.240. The Morgan fingerprint density at radius 1 is 1.30 bits per heavy atom. The molecule has 128 valence electrons. The zero-order valence-electron chi connectivity index (χ0n) is 11.7. The van der Waals surface area contributed by atoms with Crippen molar-refractivity contribution in [2.75, 3.05) is 11.5 Å². The average molecular weight is 420 g/mol. The fourth-order valence-corrected chi connectivity index (χ4v) is 4.45. The Morgan fingerprint density at radius 2 is 2.00 bits per heavy atom. The number of carbonyl (C=O) groups excluding carboxylic acids is 1. The highest BCUT2D eigenvalue weighted by molar-refractivity contribution is 7.91. The first-order chi connectivity index (χ1) is 10.6. The Bertz CT molecular complexity index is 691. The number of alkyl halides is 3. The Balaban J connectivity index is 2.09. The fourth-order valence-electron chi connectivity index (χ4n) is 2.22. The molecule has 5 nitrogen and oxygen atoms in total. The van der Waals surface area contributed by atoms with Crippen LogP contribution in [0.5, 0.6) is 0 Å². The number of benzene rings is 1. The van der Waals surface area contributed by atoms with Crippen molar-refractivity contribution in [2.45, 2.75) is 22.4 Å². The summed E-state index contributed by atoms with van der Waals surface area (Å²) in [6, 6.07) is 5.91. The van der Waals surface area contributed by atoms with Crippen LogP contribution in [0.15, 0.2) is 24.3 Å². The van der Waals surface area contributed by atoms with E-state index in [0.717, 1.165) is 0 Å². The molecule has 2 atom stereocenters. The van der Waals surface area contributed by atoms with Crippen molar-refractivity contribution < 1.29 is 13.2 Å². The third-order valence-corrected chi connectivity index (χ3v) is 5.98. The summed E-state index contributed by atoms with van der Waals surface area (Å²) >= 11 is 23.5. The van der Waals surface area contributed by atoms with Crippen LogP contribution in [0, 0.1) is 0 Å². The number of hydrogen-bond acceptors (Lipinski definition) is 4. The smallest absolute Gasteiger partial charge is 0.252 e. The minimum Gasteiger partial charge on any atom is -0.333 e. The van der Waals surface area contributed by atoms with E-state index in [2.05, 4.69) is 10.6 Å². The van der Waals surface area contributed by atoms with Crippen molar-refractivity contribution in [1.29, 1.82) is 0 Å². The first-order valence-corrected chi connectivity index (χ1v) is 10.00. The second-order valence-corrected chi connectivity index (χ2v) is 10.3. The predicted octanol–water partition coefficient (Wildman–Crippen LogP) is 2.54. The highest BCUT2D eigenvalue weighted by atomic mass is 35.6. The van der Waals surface area contributed by atoms with Gasteiger partial charge in [-0.3, -0.25) is 10.1 Å². The lowest BCUT2D eigenvalue weighted by Gasteiger charge is -2.29. The van der Waals surface area contributed by atoms with Gasteiger partial charge in [0, 0.05) is 16.6 Å². The SMILES string of the molecule is O=C(N[C@H](N[C@H]1CCS(=O)(=O)C1)C(Cl)(Cl)Cl)c1cccc(Cl)c1. The van der Waals surface area contributed by atoms with Gasteiger partial charge >= 0.3 is 0 Å². The highest BCUT2D eigenvalue weighted by Gasteiger charge is 2.38. The van der Waals surface area contributed by atoms with E-state index in [1.165, 1.54) is 6.07 Å². The van der Waals surface area contributed by atoms with Crippen molar-refractivity contribution in [3.8, 4) is 0 Å². The Labute approximate surface area is 154 Å². The number of sulfone groups is 1. The lowest BCUT2D eigenvalue weighted by atomic mass is 10.2. The summed E-state index contributed by atoms with van der Waals surface area (Å²) < 4.78 is 21.2. The molecule has 0 bridgehead atoms. The van der Waals surface area contributed by atoms with E-state index >= 15 is 0 Å². The summed E-state index contributed by atoms with van der Waals surface area (Å²) in [6.45, 7) is 0. The van der Waals surface area contributed by atoms with Gasteiger partial charge in [0.2, 0.25) is 3.79 Å². The molecule has 0 radical (unpaired) electrons. The van der Waals surface area contributed by atoms with Crippen LogP contribution < -0.4 is 10.6 Å². The molecular formula is C13H14Cl4N2O3S. The van der Waals surface area contributed by atoms with E-state index in [1.54, 1.807) is 18.2 Å². The van der Waals surface area contributed by atoms with E-state index in [0.29, 0.717) is 17.0 Å². The van der Waals surface area contributed by atoms with Crippen LogP contribution in [0.1, 0.15) is 16.8 Å². The molecule has 0 aromatic heterocycles. The first-order valence-electron chi connectivity index (χ1n) is 6.66. The van der Waals surface area contributed by atoms with Gasteiger partial charge in [0.05, 0.1) is 11.5 Å². The summed E-state index contributed by atoms with van der Waals surface area (Å²) in [5, 5.41) is 5.84. The number of halogens is 4. The van der Waals surface area contributed by atoms with Crippen LogP contribution in [0.3, 0.4) is 0 Å². The molecule has 1 aromatic rings. The molecule has 0 spiro atoms. The normalized spacial score (nSPS) is 21.8. The van der Waals surface area contributed by atoms with E-state index < -0.39 is 25.7 Å². The number of nitrogens with one attached hydrogen (secondary N) is 2. The number of carbonyl (C=O) groups is 1. The highest BCUT2D eigenvalue weighted by Crippen LogP contribution is 2.30. The monoisotopic (exact) mass is 418 g/mol. The van der Waals surface area contributed by atoms with Gasteiger partial charge in [-0.1, -0.05) is 52.5 Å². The van der Waals surface area contributed by atoms with Gasteiger partial charge in [-0.15, -0.1) is 0 Å². The van der Waals surface area contributed by atoms with E-state index in [4.69, 9.17) is 46.4 Å². The third kappa shape index (κ3) is 5.66. The molecule has 0 aliphatic carbocycles. The first kappa shape index (κ1) is 19.1. The zero-order valence-corrected chi connectivity index (χ0v) is 15.6. The molecule has 2 rings (SSSR count). The van der Waals surface area contributed by atoms with Gasteiger partial charge in [-0.2, -0.15) is 0 Å². The third-order valence-electron chi connectivity index (χ3n) is 3.32. The predicted molar refractivity (Wildman–Crippen MR) is 93.2 cm³/mol. The molecule has 0 saturated carbocycles. The van der Waals surface area contributed by atoms with E-state index in [1.807, 2.05) is 0 Å². The van der Waals surface area contributed by atoms with Crippen LogP contribution in [-0.4, -0.2) is 41.8 Å². The van der Waals surface area contributed by atoms with E-state index in [-0.39, 0.29) is 17.5 Å². The zero-order chi connectivity index (χ0) is 17.3. The molecule has 1 aromatic carbocycles. The van der Waals surface area contributed by atoms with Crippen molar-refractivity contribution in [1.82, 2.24) is 10.6 Å². The lowest BCUT2D eigenvalue weighted by Crippen LogP contribution is -2.56. The molecule has 1 heterocycles. The van der Waals surface area contributed by atoms with Crippen molar-refractivity contribution in [3.05, 3.63) is 34.9 Å². The standard InChI is InChI=1S/C13H14Cl4N2O3S/c14-9-3-1-2-8(6-9)11(20)19-12(13(15,16)17)18-10-4-5-23(21,22)7-10/h1-3,6,10,12,18H,4-5,7H2,(H,19,20)/t10-,12-/m0/s1. The summed E-state index contributed by atoms with van der Waals surface area (Å²) in [5.41, 5.74) is 0.303. The van der Waals surface area contributed by atoms with Gasteiger partial charge in [-0.05, 0) is 24.6 Å². The molecule has 10 heteroatoms. The molecule has 1 amide bonds. The molecule has 2 N–H and O–H groups in total. The molecular weight excluding hydrogens is 406 g/mol. The van der Waals surface area contributed by atoms with Gasteiger partial charge in [0.15, 0.2) is 9.84 Å². The lowest BCUT2D eigenvalue weighted by molar-refractivity contribution is 0.0927. The summed E-state index contributed by atoms with van der Waals surface area (Å²) in [7, 11) is -3.09. The quantitative estimate of drug-likeness (QED) is 0.580. The van der Waals surface area contributed by atoms with Crippen LogP contribution in [0.4, 0.5) is 0 Å². The summed E-state index contributed by atoms with van der Waals surface area (Å²) in [6.07, 6.45) is -0.649. The minimum atomic E-state index is -3.09. The van der Waals surface area contributed by atoms with Gasteiger partial charge in [0.25, 0.3) is 5.91 Å². The van der Waals surface area contributed by atoms with Crippen molar-refractivity contribution >= 4 is 62.1 Å². The van der Waals surface area contributed by atoms with Gasteiger partial charge in [-0.25, -0.2) is 8.42 Å². The Morgan fingerprint density at radius 3 is 2.52 bits per heavy atom. The summed E-state index contributed by atoms with van der Waals surface area (Å²) in [5.74, 6) is -0.478. The van der Waals surface area contributed by atoms with Crippen LogP contribution in [0.2, 0.25) is 5.02 Å². The van der Waals surface area contributed by atoms with Crippen LogP contribution >= 0.6 is 46.4 Å². The Kier molecular flexibility index (Phi) is 6.09. The van der Waals surface area contributed by atoms with Crippen LogP contribution in [0.25, 0.3) is 0 Å². The maximum absolute atomic E-state index is 12.3. The maximum Gasteiger partial charge on any atom is 0.252 e. The molecule has 1 aliphatic rings. The molecule has 1 fully saturated rings. The maximum atomic E-state index is 12.3. The van der Waals surface area contributed by atoms with Gasteiger partial charge in [0.1, 0.15) is 6.17 Å². The minimum absolute atomic E-state index is 0.0583. The second kappa shape index (κ2) is 7.33.